The highest BCUT2D eigenvalue weighted by atomic mass is 16.4. The summed E-state index contributed by atoms with van der Waals surface area (Å²) in [5.74, 6) is -0.798. The van der Waals surface area contributed by atoms with Gasteiger partial charge in [0.2, 0.25) is 0 Å². The zero-order valence-electron chi connectivity index (χ0n) is 11.4. The molecule has 2 aromatic rings. The molecule has 108 valence electrons. The van der Waals surface area contributed by atoms with Crippen molar-refractivity contribution in [2.24, 2.45) is 21.6 Å². The summed E-state index contributed by atoms with van der Waals surface area (Å²) >= 11 is 0. The smallest absolute Gasteiger partial charge is 0.280 e. The van der Waals surface area contributed by atoms with Gasteiger partial charge in [-0.05, 0) is 37.3 Å². The first-order valence-electron chi connectivity index (χ1n) is 6.13. The summed E-state index contributed by atoms with van der Waals surface area (Å²) in [7, 11) is 0. The van der Waals surface area contributed by atoms with Crippen LogP contribution < -0.4 is 11.5 Å². The molecular formula is C14H15N5O2. The number of aliphatic imine (C=N–C) groups is 1. The Morgan fingerprint density at radius 2 is 2.00 bits per heavy atom. The van der Waals surface area contributed by atoms with Crippen LogP contribution in [0.25, 0.3) is 5.69 Å². The van der Waals surface area contributed by atoms with Crippen molar-refractivity contribution in [1.82, 2.24) is 4.57 Å². The zero-order valence-corrected chi connectivity index (χ0v) is 11.4. The van der Waals surface area contributed by atoms with Gasteiger partial charge in [-0.15, -0.1) is 0 Å². The first kappa shape index (κ1) is 14.3. The average Bonchev–Trinajstić information content (AvgIpc) is 2.95. The van der Waals surface area contributed by atoms with Gasteiger partial charge in [-0.1, -0.05) is 11.2 Å². The van der Waals surface area contributed by atoms with Crippen LogP contribution in [0, 0.1) is 0 Å². The molecule has 1 heterocycles. The van der Waals surface area contributed by atoms with Crippen LogP contribution in [0.3, 0.4) is 0 Å². The van der Waals surface area contributed by atoms with E-state index < -0.39 is 5.91 Å². The van der Waals surface area contributed by atoms with Crippen molar-refractivity contribution in [2.45, 2.75) is 6.92 Å². The average molecular weight is 285 g/mol. The van der Waals surface area contributed by atoms with Crippen LogP contribution in [0.2, 0.25) is 0 Å². The Balaban J connectivity index is 2.46. The van der Waals surface area contributed by atoms with Crippen LogP contribution in [0.5, 0.6) is 0 Å². The molecule has 0 aliphatic heterocycles. The zero-order chi connectivity index (χ0) is 15.4. The van der Waals surface area contributed by atoms with E-state index in [0.29, 0.717) is 17.0 Å². The lowest BCUT2D eigenvalue weighted by atomic mass is 10.2. The van der Waals surface area contributed by atoms with Gasteiger partial charge in [0.05, 0.1) is 5.69 Å². The quantitative estimate of drug-likeness (QED) is 0.338. The van der Waals surface area contributed by atoms with Crippen molar-refractivity contribution in [1.29, 1.82) is 0 Å². The normalized spacial score (nSPS) is 11.2. The van der Waals surface area contributed by atoms with E-state index in [0.717, 1.165) is 5.69 Å². The number of nitrogens with two attached hydrogens (primary N) is 2. The highest BCUT2D eigenvalue weighted by Gasteiger charge is 2.10. The molecule has 1 aromatic carbocycles. The number of carbonyl (C=O) groups excluding carboxylic acids is 1. The summed E-state index contributed by atoms with van der Waals surface area (Å²) in [5.41, 5.74) is 12.7. The molecule has 0 aliphatic carbocycles. The predicted molar refractivity (Wildman–Crippen MR) is 79.9 cm³/mol. The summed E-state index contributed by atoms with van der Waals surface area (Å²) in [5, 5.41) is 12.1. The molecule has 0 bridgehead atoms. The van der Waals surface area contributed by atoms with Gasteiger partial charge in [0.1, 0.15) is 5.71 Å². The summed E-state index contributed by atoms with van der Waals surface area (Å²) < 4.78 is 1.79. The fraction of sp³-hybridized carbons (Fsp3) is 0.0714. The van der Waals surface area contributed by atoms with Crippen molar-refractivity contribution < 1.29 is 10.0 Å². The minimum absolute atomic E-state index is 0.282. The number of hydrogen-bond donors (Lipinski definition) is 3. The number of carbonyl (C=O) groups is 1. The van der Waals surface area contributed by atoms with Gasteiger partial charge in [0.15, 0.2) is 5.96 Å². The number of amides is 1. The number of nitrogens with zero attached hydrogens (tertiary/aromatic N) is 3. The number of aromatic nitrogens is 1. The third-order valence-electron chi connectivity index (χ3n) is 2.87. The molecule has 0 saturated carbocycles. The molecule has 1 aromatic heterocycles. The van der Waals surface area contributed by atoms with Crippen molar-refractivity contribution in [3.63, 3.8) is 0 Å². The molecule has 0 atom stereocenters. The molecule has 21 heavy (non-hydrogen) atoms. The minimum Gasteiger partial charge on any atom is -0.411 e. The van der Waals surface area contributed by atoms with E-state index in [-0.39, 0.29) is 5.96 Å². The SMILES string of the molecule is CC(=NO)c1cccn1-c1cccc(C(=O)N=C(N)N)c1. The van der Waals surface area contributed by atoms with E-state index >= 15 is 0 Å². The summed E-state index contributed by atoms with van der Waals surface area (Å²) in [6.07, 6.45) is 1.80. The second-order valence-electron chi connectivity index (χ2n) is 4.34. The standard InChI is InChI=1S/C14H15N5O2/c1-9(18-21)12-6-3-7-19(12)11-5-2-4-10(8-11)13(20)17-14(15)16/h2-8,21H,1H3,(H4,15,16,17,20). The molecule has 5 N–H and O–H groups in total. The van der Waals surface area contributed by atoms with Crippen molar-refractivity contribution >= 4 is 17.6 Å². The third-order valence-corrected chi connectivity index (χ3v) is 2.87. The first-order chi connectivity index (χ1) is 10.0. The predicted octanol–water partition coefficient (Wildman–Crippen LogP) is 1.09. The fourth-order valence-electron chi connectivity index (χ4n) is 1.92. The molecule has 1 amide bonds. The number of rotatable bonds is 3. The van der Waals surface area contributed by atoms with Crippen LogP contribution in [-0.4, -0.2) is 27.4 Å². The maximum atomic E-state index is 11.8. The Labute approximate surface area is 121 Å². The van der Waals surface area contributed by atoms with Crippen LogP contribution in [0.1, 0.15) is 23.0 Å². The Hall–Kier alpha value is -3.09. The fourth-order valence-corrected chi connectivity index (χ4v) is 1.92. The molecule has 0 saturated heterocycles. The molecule has 0 unspecified atom stereocenters. The molecule has 7 nitrogen and oxygen atoms in total. The Morgan fingerprint density at radius 1 is 1.24 bits per heavy atom. The van der Waals surface area contributed by atoms with E-state index in [1.54, 1.807) is 42.0 Å². The van der Waals surface area contributed by atoms with Gasteiger partial charge in [-0.2, -0.15) is 4.99 Å². The van der Waals surface area contributed by atoms with E-state index in [2.05, 4.69) is 10.1 Å². The summed E-state index contributed by atoms with van der Waals surface area (Å²) in [6, 6.07) is 10.4. The topological polar surface area (TPSA) is 119 Å². The first-order valence-corrected chi connectivity index (χ1v) is 6.13. The highest BCUT2D eigenvalue weighted by molar-refractivity contribution is 6.02. The summed E-state index contributed by atoms with van der Waals surface area (Å²) in [4.78, 5) is 15.3. The van der Waals surface area contributed by atoms with Crippen molar-refractivity contribution in [3.8, 4) is 5.69 Å². The van der Waals surface area contributed by atoms with Crippen LogP contribution in [0.4, 0.5) is 0 Å². The number of benzene rings is 1. The van der Waals surface area contributed by atoms with Gasteiger partial charge in [-0.25, -0.2) is 0 Å². The van der Waals surface area contributed by atoms with Crippen LogP contribution in [0.15, 0.2) is 52.7 Å². The number of guanidine groups is 1. The van der Waals surface area contributed by atoms with Gasteiger partial charge >= 0.3 is 0 Å². The molecular weight excluding hydrogens is 270 g/mol. The van der Waals surface area contributed by atoms with E-state index in [9.17, 15) is 4.79 Å². The lowest BCUT2D eigenvalue weighted by molar-refractivity contribution is 0.100. The maximum absolute atomic E-state index is 11.8. The van der Waals surface area contributed by atoms with Gasteiger partial charge < -0.3 is 21.2 Å². The van der Waals surface area contributed by atoms with E-state index in [4.69, 9.17) is 16.7 Å². The van der Waals surface area contributed by atoms with Crippen molar-refractivity contribution in [3.05, 3.63) is 53.9 Å². The lowest BCUT2D eigenvalue weighted by Crippen LogP contribution is -2.24. The molecule has 2 rings (SSSR count). The van der Waals surface area contributed by atoms with Gasteiger partial charge in [0, 0.05) is 17.4 Å². The molecule has 0 aliphatic rings. The van der Waals surface area contributed by atoms with E-state index in [1.165, 1.54) is 0 Å². The van der Waals surface area contributed by atoms with Crippen LogP contribution >= 0.6 is 0 Å². The lowest BCUT2D eigenvalue weighted by Gasteiger charge is -2.09. The van der Waals surface area contributed by atoms with Crippen LogP contribution in [-0.2, 0) is 0 Å². The minimum atomic E-state index is -0.516. The van der Waals surface area contributed by atoms with Crippen molar-refractivity contribution in [2.75, 3.05) is 0 Å². The Bertz CT molecular complexity index is 726. The second-order valence-corrected chi connectivity index (χ2v) is 4.34. The van der Waals surface area contributed by atoms with Gasteiger partial charge in [-0.3, -0.25) is 4.79 Å². The number of hydrogen-bond acceptors (Lipinski definition) is 3. The molecule has 7 heteroatoms. The molecule has 0 spiro atoms. The van der Waals surface area contributed by atoms with E-state index in [1.807, 2.05) is 12.1 Å². The monoisotopic (exact) mass is 285 g/mol. The second kappa shape index (κ2) is 5.91. The third kappa shape index (κ3) is 3.08. The Morgan fingerprint density at radius 3 is 2.67 bits per heavy atom. The number of oxime groups is 1. The summed E-state index contributed by atoms with van der Waals surface area (Å²) in [6.45, 7) is 1.68. The Kier molecular flexibility index (Phi) is 4.03. The van der Waals surface area contributed by atoms with Gasteiger partial charge in [0.25, 0.3) is 5.91 Å². The maximum Gasteiger partial charge on any atom is 0.280 e. The molecule has 0 radical (unpaired) electrons. The largest absolute Gasteiger partial charge is 0.411 e. The molecule has 0 fully saturated rings. The highest BCUT2D eigenvalue weighted by Crippen LogP contribution is 2.16.